The Morgan fingerprint density at radius 1 is 1.26 bits per heavy atom. The van der Waals surface area contributed by atoms with E-state index in [0.717, 1.165) is 12.3 Å². The molecule has 1 aromatic rings. The zero-order valence-corrected chi connectivity index (χ0v) is 12.2. The lowest BCUT2D eigenvalue weighted by Crippen LogP contribution is -2.53. The summed E-state index contributed by atoms with van der Waals surface area (Å²) in [5.41, 5.74) is -0.687. The normalized spacial score (nSPS) is 17.4. The molecule has 0 radical (unpaired) electrons. The average Bonchev–Trinajstić information content (AvgIpc) is 2.27. The summed E-state index contributed by atoms with van der Waals surface area (Å²) in [6.07, 6.45) is -3.37. The van der Waals surface area contributed by atoms with Crippen LogP contribution in [0.4, 0.5) is 19.0 Å². The van der Waals surface area contributed by atoms with Crippen molar-refractivity contribution in [3.8, 4) is 0 Å². The van der Waals surface area contributed by atoms with E-state index in [4.69, 9.17) is 11.6 Å². The lowest BCUT2D eigenvalue weighted by molar-refractivity contribution is -0.137. The third-order valence-corrected chi connectivity index (χ3v) is 3.01. The first-order valence-corrected chi connectivity index (χ1v) is 6.54. The van der Waals surface area contributed by atoms with Crippen LogP contribution in [0.2, 0.25) is 5.02 Å². The molecule has 0 amide bonds. The molecule has 2 nitrogen and oxygen atoms in total. The summed E-state index contributed by atoms with van der Waals surface area (Å²) >= 11 is 5.50. The Balaban J connectivity index is 0.000000861. The Kier molecular flexibility index (Phi) is 4.72. The van der Waals surface area contributed by atoms with Crippen LogP contribution in [0.25, 0.3) is 0 Å². The summed E-state index contributed by atoms with van der Waals surface area (Å²) in [4.78, 5) is 5.75. The largest absolute Gasteiger partial charge is 0.418 e. The highest BCUT2D eigenvalue weighted by atomic mass is 35.5. The Bertz CT molecular complexity index is 436. The molecule has 1 fully saturated rings. The topological polar surface area (TPSA) is 16.1 Å². The van der Waals surface area contributed by atoms with E-state index in [1.54, 1.807) is 0 Å². The number of anilines is 1. The van der Waals surface area contributed by atoms with E-state index in [0.29, 0.717) is 18.9 Å². The number of hydrogen-bond donors (Lipinski definition) is 0. The summed E-state index contributed by atoms with van der Waals surface area (Å²) in [7, 11) is 0. The maximum absolute atomic E-state index is 12.6. The van der Waals surface area contributed by atoms with E-state index in [2.05, 4.69) is 18.8 Å². The van der Waals surface area contributed by atoms with Crippen LogP contribution in [-0.4, -0.2) is 18.1 Å². The summed E-state index contributed by atoms with van der Waals surface area (Å²) in [5.74, 6) is 0.334. The first kappa shape index (κ1) is 16.1. The molecule has 0 spiro atoms. The second-order valence-electron chi connectivity index (χ2n) is 5.04. The molecule has 2 rings (SSSR count). The summed E-state index contributed by atoms with van der Waals surface area (Å²) in [6.45, 7) is 9.53. The van der Waals surface area contributed by atoms with Crippen molar-refractivity contribution < 1.29 is 13.2 Å². The van der Waals surface area contributed by atoms with Gasteiger partial charge in [-0.2, -0.15) is 13.2 Å². The predicted molar refractivity (Wildman–Crippen MR) is 71.6 cm³/mol. The number of hydrogen-bond acceptors (Lipinski definition) is 2. The maximum Gasteiger partial charge on any atom is 0.418 e. The Hall–Kier alpha value is -0.970. The van der Waals surface area contributed by atoms with Gasteiger partial charge < -0.3 is 4.90 Å². The molecule has 0 unspecified atom stereocenters. The molecule has 0 aliphatic carbocycles. The van der Waals surface area contributed by atoms with Gasteiger partial charge in [-0.3, -0.25) is 0 Å². The Labute approximate surface area is 116 Å². The molecular weight excluding hydrogens is 277 g/mol. The van der Waals surface area contributed by atoms with Gasteiger partial charge in [-0.1, -0.05) is 39.3 Å². The van der Waals surface area contributed by atoms with Crippen molar-refractivity contribution in [1.82, 2.24) is 4.98 Å². The molecule has 19 heavy (non-hydrogen) atoms. The second kappa shape index (κ2) is 5.57. The SMILES string of the molecule is CC.CC1(C)CN(c2cc(C(F)(F)F)c(Cl)cn2)C1. The number of aromatic nitrogens is 1. The van der Waals surface area contributed by atoms with Crippen LogP contribution < -0.4 is 4.90 Å². The molecule has 0 bridgehead atoms. The van der Waals surface area contributed by atoms with Crippen LogP contribution in [-0.2, 0) is 6.18 Å². The van der Waals surface area contributed by atoms with Crippen LogP contribution in [0, 0.1) is 5.41 Å². The van der Waals surface area contributed by atoms with Gasteiger partial charge in [-0.15, -0.1) is 0 Å². The lowest BCUT2D eigenvalue weighted by atomic mass is 9.84. The fourth-order valence-corrected chi connectivity index (χ4v) is 2.18. The zero-order chi connectivity index (χ0) is 14.8. The molecule has 1 aliphatic heterocycles. The molecule has 1 aliphatic rings. The molecule has 1 saturated heterocycles. The van der Waals surface area contributed by atoms with Crippen molar-refractivity contribution in [3.63, 3.8) is 0 Å². The van der Waals surface area contributed by atoms with Gasteiger partial charge in [-0.25, -0.2) is 4.98 Å². The van der Waals surface area contributed by atoms with Crippen molar-refractivity contribution in [2.75, 3.05) is 18.0 Å². The lowest BCUT2D eigenvalue weighted by Gasteiger charge is -2.46. The van der Waals surface area contributed by atoms with Crippen LogP contribution in [0.15, 0.2) is 12.3 Å². The van der Waals surface area contributed by atoms with E-state index in [1.165, 1.54) is 0 Å². The number of halogens is 4. The fourth-order valence-electron chi connectivity index (χ4n) is 1.97. The quantitative estimate of drug-likeness (QED) is 0.751. The first-order chi connectivity index (χ1) is 8.69. The summed E-state index contributed by atoms with van der Waals surface area (Å²) in [5, 5.41) is -0.360. The van der Waals surface area contributed by atoms with Gasteiger partial charge >= 0.3 is 6.18 Å². The van der Waals surface area contributed by atoms with Crippen LogP contribution in [0.5, 0.6) is 0 Å². The van der Waals surface area contributed by atoms with Crippen LogP contribution >= 0.6 is 11.6 Å². The third-order valence-electron chi connectivity index (χ3n) is 2.71. The standard InChI is InChI=1S/C11H12ClF3N2.C2H6/c1-10(2)5-17(6-10)9-3-7(11(13,14)15)8(12)4-16-9;1-2/h3-4H,5-6H2,1-2H3;1-2H3. The molecule has 0 atom stereocenters. The Morgan fingerprint density at radius 2 is 1.79 bits per heavy atom. The molecule has 6 heteroatoms. The zero-order valence-electron chi connectivity index (χ0n) is 11.5. The molecule has 108 valence electrons. The molecule has 1 aromatic heterocycles. The van der Waals surface area contributed by atoms with Gasteiger partial charge in [0.25, 0.3) is 0 Å². The van der Waals surface area contributed by atoms with Gasteiger partial charge in [0.1, 0.15) is 5.82 Å². The van der Waals surface area contributed by atoms with E-state index >= 15 is 0 Å². The summed E-state index contributed by atoms with van der Waals surface area (Å²) in [6, 6.07) is 1.01. The third kappa shape index (κ3) is 3.75. The number of alkyl halides is 3. The molecule has 0 N–H and O–H groups in total. The highest BCUT2D eigenvalue weighted by molar-refractivity contribution is 6.31. The van der Waals surface area contributed by atoms with Crippen LogP contribution in [0.1, 0.15) is 33.3 Å². The Morgan fingerprint density at radius 3 is 2.21 bits per heavy atom. The highest BCUT2D eigenvalue weighted by Gasteiger charge is 2.38. The van der Waals surface area contributed by atoms with Crippen molar-refractivity contribution >= 4 is 17.4 Å². The van der Waals surface area contributed by atoms with Gasteiger partial charge in [0.05, 0.1) is 10.6 Å². The van der Waals surface area contributed by atoms with E-state index in [1.807, 2.05) is 18.7 Å². The van der Waals surface area contributed by atoms with Gasteiger partial charge in [0, 0.05) is 19.3 Å². The van der Waals surface area contributed by atoms with E-state index < -0.39 is 11.7 Å². The smallest absolute Gasteiger partial charge is 0.355 e. The average molecular weight is 295 g/mol. The molecule has 0 saturated carbocycles. The van der Waals surface area contributed by atoms with Crippen molar-refractivity contribution in [3.05, 3.63) is 22.8 Å². The van der Waals surface area contributed by atoms with Crippen molar-refractivity contribution in [2.24, 2.45) is 5.41 Å². The fraction of sp³-hybridized carbons (Fsp3) is 0.615. The minimum absolute atomic E-state index is 0.139. The van der Waals surface area contributed by atoms with E-state index in [-0.39, 0.29) is 10.4 Å². The predicted octanol–water partition coefficient (Wildman–Crippen LogP) is 4.63. The number of nitrogens with zero attached hydrogens (tertiary/aromatic N) is 2. The number of pyridine rings is 1. The van der Waals surface area contributed by atoms with E-state index in [9.17, 15) is 13.2 Å². The highest BCUT2D eigenvalue weighted by Crippen LogP contribution is 2.38. The molecular formula is C13H18ClF3N2. The minimum atomic E-state index is -4.44. The van der Waals surface area contributed by atoms with Crippen molar-refractivity contribution in [2.45, 2.75) is 33.9 Å². The maximum atomic E-state index is 12.6. The molecule has 2 heterocycles. The minimum Gasteiger partial charge on any atom is -0.355 e. The molecule has 0 aromatic carbocycles. The monoisotopic (exact) mass is 294 g/mol. The first-order valence-electron chi connectivity index (χ1n) is 6.17. The second-order valence-corrected chi connectivity index (χ2v) is 5.45. The van der Waals surface area contributed by atoms with Crippen molar-refractivity contribution in [1.29, 1.82) is 0 Å². The van der Waals surface area contributed by atoms with Gasteiger partial charge in [-0.05, 0) is 11.5 Å². The van der Waals surface area contributed by atoms with Gasteiger partial charge in [0.2, 0.25) is 0 Å². The van der Waals surface area contributed by atoms with Crippen LogP contribution in [0.3, 0.4) is 0 Å². The summed E-state index contributed by atoms with van der Waals surface area (Å²) < 4.78 is 37.9. The number of rotatable bonds is 1. The van der Waals surface area contributed by atoms with Gasteiger partial charge in [0.15, 0.2) is 0 Å².